The van der Waals surface area contributed by atoms with Gasteiger partial charge in [-0.3, -0.25) is 4.79 Å². The number of benzene rings is 1. The summed E-state index contributed by atoms with van der Waals surface area (Å²) in [5.74, 6) is -1.92. The topological polar surface area (TPSA) is 75.6 Å². The third-order valence-electron chi connectivity index (χ3n) is 2.02. The van der Waals surface area contributed by atoms with Crippen LogP contribution in [0.2, 0.25) is 0 Å². The lowest BCUT2D eigenvalue weighted by atomic mass is 10.2. The molecule has 5 nitrogen and oxygen atoms in total. The molecule has 0 bridgehead atoms. The molecule has 110 valence electrons. The molecule has 0 aliphatic rings. The molecule has 0 aromatic heterocycles. The van der Waals surface area contributed by atoms with Crippen LogP contribution >= 0.6 is 15.9 Å². The summed E-state index contributed by atoms with van der Waals surface area (Å²) in [6.45, 7) is -2.05. The molecule has 0 heterocycles. The molecule has 1 aromatic rings. The summed E-state index contributed by atoms with van der Waals surface area (Å²) in [5, 5.41) is 10.4. The maximum atomic E-state index is 11.8. The summed E-state index contributed by atoms with van der Waals surface area (Å²) >= 11 is 3.04. The lowest BCUT2D eigenvalue weighted by Crippen LogP contribution is -2.36. The summed E-state index contributed by atoms with van der Waals surface area (Å²) in [4.78, 5) is 21.8. The van der Waals surface area contributed by atoms with Crippen LogP contribution in [0.3, 0.4) is 0 Å². The fourth-order valence-corrected chi connectivity index (χ4v) is 1.64. The first-order chi connectivity index (χ1) is 9.19. The Balaban J connectivity index is 2.54. The minimum atomic E-state index is -4.49. The molecule has 20 heavy (non-hydrogen) atoms. The van der Waals surface area contributed by atoms with E-state index in [1.165, 1.54) is 18.2 Å². The molecule has 0 spiro atoms. The first-order valence-electron chi connectivity index (χ1n) is 5.18. The number of carboxylic acids is 1. The van der Waals surface area contributed by atoms with E-state index >= 15 is 0 Å². The fourth-order valence-electron chi connectivity index (χ4n) is 1.14. The third-order valence-corrected chi connectivity index (χ3v) is 2.64. The van der Waals surface area contributed by atoms with E-state index in [2.05, 4.69) is 15.9 Å². The minimum Gasteiger partial charge on any atom is -0.483 e. The van der Waals surface area contributed by atoms with E-state index < -0.39 is 31.2 Å². The molecule has 0 atom stereocenters. The van der Waals surface area contributed by atoms with E-state index in [9.17, 15) is 22.8 Å². The van der Waals surface area contributed by atoms with Gasteiger partial charge < -0.3 is 15.2 Å². The second-order valence-corrected chi connectivity index (χ2v) is 4.49. The van der Waals surface area contributed by atoms with Crippen molar-refractivity contribution in [3.05, 3.63) is 28.2 Å². The largest absolute Gasteiger partial charge is 0.483 e. The number of ether oxygens (including phenoxy) is 1. The summed E-state index contributed by atoms with van der Waals surface area (Å²) in [6.07, 6.45) is -4.49. The van der Waals surface area contributed by atoms with Crippen molar-refractivity contribution in [3.63, 3.8) is 0 Å². The molecular weight excluding hydrogens is 347 g/mol. The van der Waals surface area contributed by atoms with E-state index in [-0.39, 0.29) is 15.8 Å². The van der Waals surface area contributed by atoms with Gasteiger partial charge in [0, 0.05) is 0 Å². The molecule has 0 saturated carbocycles. The average Bonchev–Trinajstić information content (AvgIpc) is 2.33. The highest BCUT2D eigenvalue weighted by Gasteiger charge is 2.27. The second-order valence-electron chi connectivity index (χ2n) is 3.63. The molecule has 0 unspecified atom stereocenters. The van der Waals surface area contributed by atoms with Gasteiger partial charge in [-0.15, -0.1) is 0 Å². The SMILES string of the molecule is O=C(COc1ccc(C(=O)O)cc1Br)NCC(F)(F)F. The Morgan fingerprint density at radius 2 is 2.00 bits per heavy atom. The first-order valence-corrected chi connectivity index (χ1v) is 5.97. The number of carbonyl (C=O) groups is 2. The van der Waals surface area contributed by atoms with Gasteiger partial charge in [0.15, 0.2) is 6.61 Å². The second kappa shape index (κ2) is 6.60. The van der Waals surface area contributed by atoms with Gasteiger partial charge >= 0.3 is 12.1 Å². The van der Waals surface area contributed by atoms with Crippen molar-refractivity contribution in [2.24, 2.45) is 0 Å². The zero-order valence-electron chi connectivity index (χ0n) is 9.83. The van der Waals surface area contributed by atoms with Crippen molar-refractivity contribution in [3.8, 4) is 5.75 Å². The molecule has 0 saturated heterocycles. The molecule has 0 radical (unpaired) electrons. The van der Waals surface area contributed by atoms with E-state index in [4.69, 9.17) is 9.84 Å². The average molecular weight is 356 g/mol. The van der Waals surface area contributed by atoms with Crippen LogP contribution in [0.1, 0.15) is 10.4 Å². The number of amides is 1. The standard InChI is InChI=1S/C11H9BrF3NO4/c12-7-3-6(10(18)19)1-2-8(7)20-4-9(17)16-5-11(13,14)15/h1-3H,4-5H2,(H,16,17)(H,18,19). The Hall–Kier alpha value is -1.77. The van der Waals surface area contributed by atoms with Gasteiger partial charge in [0.1, 0.15) is 12.3 Å². The number of hydrogen-bond donors (Lipinski definition) is 2. The number of carbonyl (C=O) groups excluding carboxylic acids is 1. The molecule has 1 amide bonds. The summed E-state index contributed by atoms with van der Waals surface area (Å²) in [7, 11) is 0. The van der Waals surface area contributed by atoms with Crippen LogP contribution in [0.25, 0.3) is 0 Å². The maximum Gasteiger partial charge on any atom is 0.405 e. The van der Waals surface area contributed by atoms with Gasteiger partial charge in [-0.2, -0.15) is 13.2 Å². The number of aromatic carboxylic acids is 1. The monoisotopic (exact) mass is 355 g/mol. The van der Waals surface area contributed by atoms with Crippen LogP contribution in [0, 0.1) is 0 Å². The number of alkyl halides is 3. The highest BCUT2D eigenvalue weighted by Crippen LogP contribution is 2.26. The van der Waals surface area contributed by atoms with Crippen LogP contribution in [-0.4, -0.2) is 36.3 Å². The number of hydrogen-bond acceptors (Lipinski definition) is 3. The molecule has 2 N–H and O–H groups in total. The number of nitrogens with one attached hydrogen (secondary N) is 1. The molecule has 0 aliphatic heterocycles. The number of halogens is 4. The Morgan fingerprint density at radius 3 is 2.50 bits per heavy atom. The van der Waals surface area contributed by atoms with E-state index in [0.29, 0.717) is 0 Å². The van der Waals surface area contributed by atoms with Gasteiger partial charge in [0.05, 0.1) is 10.0 Å². The highest BCUT2D eigenvalue weighted by molar-refractivity contribution is 9.10. The minimum absolute atomic E-state index is 0.00532. The van der Waals surface area contributed by atoms with Crippen LogP contribution in [0.5, 0.6) is 5.75 Å². The van der Waals surface area contributed by atoms with Crippen LogP contribution in [0.15, 0.2) is 22.7 Å². The molecule has 1 aromatic carbocycles. The zero-order chi connectivity index (χ0) is 15.3. The van der Waals surface area contributed by atoms with Crippen LogP contribution in [-0.2, 0) is 4.79 Å². The smallest absolute Gasteiger partial charge is 0.405 e. The molecule has 1 rings (SSSR count). The maximum absolute atomic E-state index is 11.8. The van der Waals surface area contributed by atoms with Crippen molar-refractivity contribution in [2.45, 2.75) is 6.18 Å². The summed E-state index contributed by atoms with van der Waals surface area (Å²) in [6, 6.07) is 3.80. The predicted molar refractivity (Wildman–Crippen MR) is 65.7 cm³/mol. The summed E-state index contributed by atoms with van der Waals surface area (Å²) in [5.41, 5.74) is 0.00532. The van der Waals surface area contributed by atoms with Gasteiger partial charge in [-0.25, -0.2) is 4.79 Å². The molecule has 9 heteroatoms. The quantitative estimate of drug-likeness (QED) is 0.848. The third kappa shape index (κ3) is 5.47. The Bertz CT molecular complexity index is 519. The fraction of sp³-hybridized carbons (Fsp3) is 0.273. The van der Waals surface area contributed by atoms with Crippen molar-refractivity contribution >= 4 is 27.8 Å². The Kier molecular flexibility index (Phi) is 5.37. The first kappa shape index (κ1) is 16.3. The zero-order valence-corrected chi connectivity index (χ0v) is 11.4. The normalized spacial score (nSPS) is 11.0. The molecule has 0 fully saturated rings. The summed E-state index contributed by atoms with van der Waals surface area (Å²) < 4.78 is 40.8. The number of rotatable bonds is 5. The van der Waals surface area contributed by atoms with Gasteiger partial charge in [0.25, 0.3) is 5.91 Å². The van der Waals surface area contributed by atoms with Crippen molar-refractivity contribution in [1.82, 2.24) is 5.32 Å². The van der Waals surface area contributed by atoms with Crippen LogP contribution < -0.4 is 10.1 Å². The van der Waals surface area contributed by atoms with Gasteiger partial charge in [-0.05, 0) is 34.1 Å². The van der Waals surface area contributed by atoms with Gasteiger partial charge in [-0.1, -0.05) is 0 Å². The van der Waals surface area contributed by atoms with E-state index in [0.717, 1.165) is 0 Å². The van der Waals surface area contributed by atoms with Crippen molar-refractivity contribution < 1.29 is 32.6 Å². The predicted octanol–water partition coefficient (Wildman–Crippen LogP) is 2.20. The Morgan fingerprint density at radius 1 is 1.35 bits per heavy atom. The highest BCUT2D eigenvalue weighted by atomic mass is 79.9. The van der Waals surface area contributed by atoms with Crippen molar-refractivity contribution in [2.75, 3.05) is 13.2 Å². The van der Waals surface area contributed by atoms with Crippen LogP contribution in [0.4, 0.5) is 13.2 Å². The lowest BCUT2D eigenvalue weighted by Gasteiger charge is -2.10. The van der Waals surface area contributed by atoms with Crippen molar-refractivity contribution in [1.29, 1.82) is 0 Å². The van der Waals surface area contributed by atoms with E-state index in [1.807, 2.05) is 0 Å². The van der Waals surface area contributed by atoms with E-state index in [1.54, 1.807) is 5.32 Å². The molecule has 0 aliphatic carbocycles. The molecular formula is C11H9BrF3NO4. The Labute approximate surface area is 119 Å². The van der Waals surface area contributed by atoms with Gasteiger partial charge in [0.2, 0.25) is 0 Å². The lowest BCUT2D eigenvalue weighted by molar-refractivity contribution is -0.139. The number of carboxylic acid groups (broad SMARTS) is 1.